The summed E-state index contributed by atoms with van der Waals surface area (Å²) in [6.07, 6.45) is 6.86. The predicted octanol–water partition coefficient (Wildman–Crippen LogP) is 7.04. The molecule has 0 unspecified atom stereocenters. The summed E-state index contributed by atoms with van der Waals surface area (Å²) >= 11 is 18.7. The molecule has 0 spiro atoms. The van der Waals surface area contributed by atoms with Crippen LogP contribution in [0.25, 0.3) is 0 Å². The zero-order valence-electron chi connectivity index (χ0n) is 17.5. The molecule has 1 N–H and O–H groups in total. The third-order valence-electron chi connectivity index (χ3n) is 6.17. The molecule has 4 nitrogen and oxygen atoms in total. The van der Waals surface area contributed by atoms with E-state index in [1.165, 1.54) is 12.8 Å². The maximum atomic E-state index is 13.2. The molecule has 1 heterocycles. The molecule has 1 aliphatic carbocycles. The highest BCUT2D eigenvalue weighted by molar-refractivity contribution is 6.41. The quantitative estimate of drug-likeness (QED) is 0.479. The highest BCUT2D eigenvalue weighted by Gasteiger charge is 2.40. The molecular weight excluding hydrogens is 453 g/mol. The van der Waals surface area contributed by atoms with Gasteiger partial charge in [0, 0.05) is 22.0 Å². The van der Waals surface area contributed by atoms with Crippen molar-refractivity contribution in [1.82, 2.24) is 5.32 Å². The SMILES string of the molecule is C[C@@H]1C(C(=O)NC2CCCCCC2)=NN(c2ccc(Cl)cc2Cl)[C@H]1c1ccc(Cl)cc1. The topological polar surface area (TPSA) is 44.7 Å². The number of hydrogen-bond donors (Lipinski definition) is 1. The number of amides is 1. The van der Waals surface area contributed by atoms with E-state index in [2.05, 4.69) is 5.32 Å². The first kappa shape index (κ1) is 22.4. The molecular formula is C24H26Cl3N3O. The number of rotatable bonds is 4. The van der Waals surface area contributed by atoms with Gasteiger partial charge in [-0.2, -0.15) is 5.10 Å². The maximum Gasteiger partial charge on any atom is 0.268 e. The van der Waals surface area contributed by atoms with Crippen LogP contribution < -0.4 is 10.3 Å². The fourth-order valence-corrected chi connectivity index (χ4v) is 5.15. The third-order valence-corrected chi connectivity index (χ3v) is 6.96. The number of carbonyl (C=O) groups is 1. The van der Waals surface area contributed by atoms with Crippen molar-refractivity contribution in [2.45, 2.75) is 57.5 Å². The zero-order chi connectivity index (χ0) is 22.0. The molecule has 1 aliphatic heterocycles. The molecule has 2 atom stereocenters. The standard InChI is InChI=1S/C24H26Cl3N3O/c1-15-22(24(31)28-19-6-4-2-3-5-7-19)29-30(21-13-12-18(26)14-20(21)27)23(15)16-8-10-17(25)11-9-16/h8-15,19,23H,2-7H2,1H3,(H,28,31)/t15-,23-/m1/s1. The minimum absolute atomic E-state index is 0.0917. The van der Waals surface area contributed by atoms with E-state index in [0.29, 0.717) is 20.8 Å². The lowest BCUT2D eigenvalue weighted by molar-refractivity contribution is -0.115. The minimum Gasteiger partial charge on any atom is -0.348 e. The fourth-order valence-electron chi connectivity index (χ4n) is 4.53. The van der Waals surface area contributed by atoms with Crippen LogP contribution in [0.1, 0.15) is 57.1 Å². The lowest BCUT2D eigenvalue weighted by atomic mass is 9.90. The van der Waals surface area contributed by atoms with E-state index in [9.17, 15) is 4.79 Å². The second-order valence-electron chi connectivity index (χ2n) is 8.37. The van der Waals surface area contributed by atoms with E-state index >= 15 is 0 Å². The van der Waals surface area contributed by atoms with Crippen molar-refractivity contribution in [2.24, 2.45) is 11.0 Å². The van der Waals surface area contributed by atoms with Crippen molar-refractivity contribution in [1.29, 1.82) is 0 Å². The lowest BCUT2D eigenvalue weighted by Crippen LogP contribution is -2.40. The van der Waals surface area contributed by atoms with Crippen LogP contribution in [0.15, 0.2) is 47.6 Å². The molecule has 1 fully saturated rings. The van der Waals surface area contributed by atoms with Crippen LogP contribution in [0.4, 0.5) is 5.69 Å². The zero-order valence-corrected chi connectivity index (χ0v) is 19.7. The molecule has 7 heteroatoms. The Hall–Kier alpha value is -1.75. The summed E-state index contributed by atoms with van der Waals surface area (Å²) in [5, 5.41) is 11.6. The second-order valence-corrected chi connectivity index (χ2v) is 9.65. The van der Waals surface area contributed by atoms with E-state index in [1.807, 2.05) is 42.3 Å². The van der Waals surface area contributed by atoms with Crippen LogP contribution in [-0.2, 0) is 4.79 Å². The van der Waals surface area contributed by atoms with Crippen LogP contribution in [0, 0.1) is 5.92 Å². The normalized spacial score (nSPS) is 22.2. The summed E-state index contributed by atoms with van der Waals surface area (Å²) in [6, 6.07) is 13.0. The lowest BCUT2D eigenvalue weighted by Gasteiger charge is -2.27. The molecule has 1 amide bonds. The summed E-state index contributed by atoms with van der Waals surface area (Å²) in [5.41, 5.74) is 2.26. The summed E-state index contributed by atoms with van der Waals surface area (Å²) < 4.78 is 0. The number of hydrazone groups is 1. The maximum absolute atomic E-state index is 13.2. The Bertz CT molecular complexity index is 969. The van der Waals surface area contributed by atoms with Gasteiger partial charge in [-0.15, -0.1) is 0 Å². The van der Waals surface area contributed by atoms with Crippen molar-refractivity contribution < 1.29 is 4.79 Å². The van der Waals surface area contributed by atoms with Crippen molar-refractivity contribution >= 4 is 52.1 Å². The van der Waals surface area contributed by atoms with Crippen LogP contribution in [0.5, 0.6) is 0 Å². The Labute approximate surface area is 198 Å². The van der Waals surface area contributed by atoms with Gasteiger partial charge in [-0.05, 0) is 48.7 Å². The van der Waals surface area contributed by atoms with Gasteiger partial charge in [-0.3, -0.25) is 9.80 Å². The molecule has 2 aliphatic rings. The number of carbonyl (C=O) groups excluding carboxylic acids is 1. The van der Waals surface area contributed by atoms with Crippen molar-refractivity contribution in [3.63, 3.8) is 0 Å². The molecule has 1 saturated carbocycles. The number of halogens is 3. The Balaban J connectivity index is 1.66. The number of anilines is 1. The third kappa shape index (κ3) is 5.02. The summed E-state index contributed by atoms with van der Waals surface area (Å²) in [6.45, 7) is 2.04. The molecule has 164 valence electrons. The first-order valence-electron chi connectivity index (χ1n) is 10.8. The number of hydrogen-bond acceptors (Lipinski definition) is 3. The average Bonchev–Trinajstić information content (AvgIpc) is 2.89. The Kier molecular flexibility index (Phi) is 7.10. The highest BCUT2D eigenvalue weighted by Crippen LogP contribution is 2.42. The van der Waals surface area contributed by atoms with Gasteiger partial charge >= 0.3 is 0 Å². The molecule has 0 aromatic heterocycles. The average molecular weight is 479 g/mol. The van der Waals surface area contributed by atoms with Gasteiger partial charge in [0.15, 0.2) is 0 Å². The first-order chi connectivity index (χ1) is 14.9. The summed E-state index contributed by atoms with van der Waals surface area (Å²) in [5.74, 6) is -0.218. The molecule has 0 bridgehead atoms. The monoisotopic (exact) mass is 477 g/mol. The summed E-state index contributed by atoms with van der Waals surface area (Å²) in [4.78, 5) is 13.2. The molecule has 4 rings (SSSR count). The van der Waals surface area contributed by atoms with Gasteiger partial charge in [0.05, 0.1) is 16.8 Å². The van der Waals surface area contributed by atoms with Gasteiger partial charge in [0.25, 0.3) is 5.91 Å². The molecule has 2 aromatic rings. The Morgan fingerprint density at radius 3 is 2.26 bits per heavy atom. The van der Waals surface area contributed by atoms with Crippen LogP contribution >= 0.6 is 34.8 Å². The van der Waals surface area contributed by atoms with Gasteiger partial charge in [-0.1, -0.05) is 79.5 Å². The van der Waals surface area contributed by atoms with Gasteiger partial charge < -0.3 is 5.32 Å². The van der Waals surface area contributed by atoms with Crippen LogP contribution in [0.2, 0.25) is 15.1 Å². The molecule has 0 saturated heterocycles. The Morgan fingerprint density at radius 2 is 1.61 bits per heavy atom. The van der Waals surface area contributed by atoms with Crippen LogP contribution in [0.3, 0.4) is 0 Å². The van der Waals surface area contributed by atoms with Gasteiger partial charge in [0.1, 0.15) is 5.71 Å². The van der Waals surface area contributed by atoms with E-state index in [1.54, 1.807) is 12.1 Å². The minimum atomic E-state index is -0.175. The van der Waals surface area contributed by atoms with E-state index < -0.39 is 0 Å². The molecule has 2 aromatic carbocycles. The summed E-state index contributed by atoms with van der Waals surface area (Å²) in [7, 11) is 0. The van der Waals surface area contributed by atoms with Gasteiger partial charge in [-0.25, -0.2) is 0 Å². The highest BCUT2D eigenvalue weighted by atomic mass is 35.5. The fraction of sp³-hybridized carbons (Fsp3) is 0.417. The largest absolute Gasteiger partial charge is 0.348 e. The number of nitrogens with zero attached hydrogens (tertiary/aromatic N) is 2. The van der Waals surface area contributed by atoms with Gasteiger partial charge in [0.2, 0.25) is 0 Å². The van der Waals surface area contributed by atoms with E-state index in [-0.39, 0.29) is 23.9 Å². The van der Waals surface area contributed by atoms with Crippen molar-refractivity contribution in [2.75, 3.05) is 5.01 Å². The number of nitrogens with one attached hydrogen (secondary N) is 1. The molecule has 31 heavy (non-hydrogen) atoms. The molecule has 0 radical (unpaired) electrons. The second kappa shape index (κ2) is 9.81. The van der Waals surface area contributed by atoms with Crippen molar-refractivity contribution in [3.8, 4) is 0 Å². The van der Waals surface area contributed by atoms with Crippen molar-refractivity contribution in [3.05, 3.63) is 63.1 Å². The Morgan fingerprint density at radius 1 is 0.968 bits per heavy atom. The predicted molar refractivity (Wildman–Crippen MR) is 129 cm³/mol. The first-order valence-corrected chi connectivity index (χ1v) is 12.0. The smallest absolute Gasteiger partial charge is 0.268 e. The van der Waals surface area contributed by atoms with E-state index in [0.717, 1.165) is 36.9 Å². The van der Waals surface area contributed by atoms with E-state index in [4.69, 9.17) is 39.9 Å². The van der Waals surface area contributed by atoms with Crippen LogP contribution in [-0.4, -0.2) is 17.7 Å². The number of benzene rings is 2.